The van der Waals surface area contributed by atoms with E-state index < -0.39 is 5.79 Å². The van der Waals surface area contributed by atoms with Gasteiger partial charge in [0.1, 0.15) is 0 Å². The van der Waals surface area contributed by atoms with E-state index in [2.05, 4.69) is 65.8 Å². The molecule has 0 aromatic heterocycles. The first-order valence-corrected chi connectivity index (χ1v) is 11.9. The summed E-state index contributed by atoms with van der Waals surface area (Å²) in [6.07, 6.45) is 0.669. The molecule has 2 aromatic rings. The van der Waals surface area contributed by atoms with Crippen molar-refractivity contribution in [1.82, 2.24) is 0 Å². The van der Waals surface area contributed by atoms with E-state index in [1.54, 1.807) is 0 Å². The van der Waals surface area contributed by atoms with Crippen molar-refractivity contribution in [2.75, 3.05) is 19.8 Å². The van der Waals surface area contributed by atoms with Gasteiger partial charge in [-0.3, -0.25) is 0 Å². The van der Waals surface area contributed by atoms with Crippen LogP contribution in [-0.4, -0.2) is 19.8 Å². The van der Waals surface area contributed by atoms with E-state index in [0.29, 0.717) is 44.0 Å². The molecule has 3 rings (SSSR count). The third kappa shape index (κ3) is 5.28. The molecule has 1 heterocycles. The first kappa shape index (κ1) is 23.3. The van der Waals surface area contributed by atoms with Crippen LogP contribution < -0.4 is 0 Å². The predicted octanol–water partition coefficient (Wildman–Crippen LogP) is 7.37. The molecular weight excluding hydrogens is 392 g/mol. The molecule has 1 saturated heterocycles. The Morgan fingerprint density at radius 2 is 1.43 bits per heavy atom. The van der Waals surface area contributed by atoms with Crippen molar-refractivity contribution in [1.29, 1.82) is 0 Å². The maximum atomic E-state index is 6.17. The molecule has 0 unspecified atom stereocenters. The Labute approximate surface area is 186 Å². The van der Waals surface area contributed by atoms with Gasteiger partial charge < -0.3 is 13.7 Å². The molecule has 0 amide bonds. The monoisotopic (exact) mass is 428 g/mol. The number of hydrogen-bond donors (Lipinski definition) is 0. The highest BCUT2D eigenvalue weighted by atomic mass is 32.2. The Kier molecular flexibility index (Phi) is 8.03. The fraction of sp³-hybridized carbons (Fsp3) is 0.538. The van der Waals surface area contributed by atoms with Crippen LogP contribution in [-0.2, 0) is 19.4 Å². The Morgan fingerprint density at radius 1 is 0.867 bits per heavy atom. The highest BCUT2D eigenvalue weighted by Crippen LogP contribution is 2.40. The van der Waals surface area contributed by atoms with Gasteiger partial charge in [-0.15, -0.1) is 0 Å². The second-order valence-corrected chi connectivity index (χ2v) is 9.77. The lowest BCUT2D eigenvalue weighted by atomic mass is 9.89. The van der Waals surface area contributed by atoms with Crippen molar-refractivity contribution in [2.24, 2.45) is 0 Å². The van der Waals surface area contributed by atoms with Gasteiger partial charge >= 0.3 is 0 Å². The maximum absolute atomic E-state index is 6.17. The lowest BCUT2D eigenvalue weighted by Crippen LogP contribution is -2.28. The first-order valence-electron chi connectivity index (χ1n) is 11.1. The summed E-state index contributed by atoms with van der Waals surface area (Å²) >= 11 is 1.52. The van der Waals surface area contributed by atoms with Crippen molar-refractivity contribution in [3.8, 4) is 0 Å². The van der Waals surface area contributed by atoms with Crippen molar-refractivity contribution in [2.45, 2.75) is 76.4 Å². The van der Waals surface area contributed by atoms with Crippen LogP contribution in [0.5, 0.6) is 0 Å². The van der Waals surface area contributed by atoms with Crippen LogP contribution in [0.3, 0.4) is 0 Å². The first-order chi connectivity index (χ1) is 14.3. The Bertz CT molecular complexity index is 779. The molecule has 0 N–H and O–H groups in total. The van der Waals surface area contributed by atoms with E-state index in [1.807, 2.05) is 18.2 Å². The van der Waals surface area contributed by atoms with Crippen LogP contribution in [0.15, 0.2) is 47.4 Å². The topological polar surface area (TPSA) is 27.7 Å². The second kappa shape index (κ2) is 10.3. The quantitative estimate of drug-likeness (QED) is 0.308. The van der Waals surface area contributed by atoms with Gasteiger partial charge in [0.05, 0.1) is 19.8 Å². The van der Waals surface area contributed by atoms with Crippen molar-refractivity contribution in [3.63, 3.8) is 0 Å². The molecule has 0 aliphatic carbocycles. The van der Waals surface area contributed by atoms with E-state index in [9.17, 15) is 0 Å². The van der Waals surface area contributed by atoms with Gasteiger partial charge in [-0.1, -0.05) is 84.0 Å². The summed E-state index contributed by atoms with van der Waals surface area (Å²) in [5.41, 5.74) is 5.22. The van der Waals surface area contributed by atoms with E-state index in [-0.39, 0.29) is 0 Å². The van der Waals surface area contributed by atoms with Crippen LogP contribution in [0.1, 0.15) is 88.0 Å². The van der Waals surface area contributed by atoms with Crippen LogP contribution in [0.25, 0.3) is 0 Å². The van der Waals surface area contributed by atoms with Gasteiger partial charge in [0.25, 0.3) is 0 Å². The van der Waals surface area contributed by atoms with Gasteiger partial charge in [-0.05, 0) is 34.4 Å². The third-order valence-electron chi connectivity index (χ3n) is 5.70. The smallest absolute Gasteiger partial charge is 0.197 e. The molecule has 164 valence electrons. The lowest BCUT2D eigenvalue weighted by molar-refractivity contribution is -0.174. The van der Waals surface area contributed by atoms with Crippen molar-refractivity contribution >= 4 is 12.0 Å². The minimum Gasteiger partial charge on any atom is -0.343 e. The Hall–Kier alpha value is -1.33. The molecule has 0 spiro atoms. The zero-order chi connectivity index (χ0) is 21.7. The number of rotatable bonds is 9. The average molecular weight is 429 g/mol. The SMILES string of the molecule is CC(C)c1cc(C(C)C)c(SOCCC2(c3ccccc3)OCCO2)c(C(C)C)c1. The molecule has 2 aromatic carbocycles. The fourth-order valence-electron chi connectivity index (χ4n) is 3.86. The largest absolute Gasteiger partial charge is 0.343 e. The molecular formula is C26H36O3S. The summed E-state index contributed by atoms with van der Waals surface area (Å²) in [5.74, 6) is 0.724. The zero-order valence-electron chi connectivity index (χ0n) is 19.2. The summed E-state index contributed by atoms with van der Waals surface area (Å²) in [4.78, 5) is 1.27. The number of ether oxygens (including phenoxy) is 2. The summed E-state index contributed by atoms with van der Waals surface area (Å²) in [5, 5.41) is 0. The van der Waals surface area contributed by atoms with Gasteiger partial charge in [-0.25, -0.2) is 0 Å². The fourth-order valence-corrected chi connectivity index (χ4v) is 4.93. The standard InChI is InChI=1S/C26H36O3S/c1-18(2)21-16-23(19(3)4)25(24(17-21)20(5)6)30-29-13-12-26(27-14-15-28-26)22-10-8-7-9-11-22/h7-11,16-20H,12-15H2,1-6H3. The van der Waals surface area contributed by atoms with Gasteiger partial charge in [0.15, 0.2) is 5.79 Å². The van der Waals surface area contributed by atoms with E-state index in [4.69, 9.17) is 13.7 Å². The van der Waals surface area contributed by atoms with Crippen molar-refractivity contribution < 1.29 is 13.7 Å². The van der Waals surface area contributed by atoms with Gasteiger partial charge in [0, 0.05) is 28.9 Å². The van der Waals surface area contributed by atoms with Crippen LogP contribution >= 0.6 is 12.0 Å². The van der Waals surface area contributed by atoms with E-state index >= 15 is 0 Å². The van der Waals surface area contributed by atoms with Crippen LogP contribution in [0.2, 0.25) is 0 Å². The molecule has 0 saturated carbocycles. The molecule has 0 radical (unpaired) electrons. The minimum atomic E-state index is -0.689. The summed E-state index contributed by atoms with van der Waals surface area (Å²) in [6, 6.07) is 14.9. The van der Waals surface area contributed by atoms with Gasteiger partial charge in [-0.2, -0.15) is 0 Å². The van der Waals surface area contributed by atoms with E-state index in [1.165, 1.54) is 33.6 Å². The molecule has 4 heteroatoms. The molecule has 1 aliphatic rings. The highest BCUT2D eigenvalue weighted by molar-refractivity contribution is 7.94. The highest BCUT2D eigenvalue weighted by Gasteiger charge is 2.38. The zero-order valence-corrected chi connectivity index (χ0v) is 20.1. The Balaban J connectivity index is 1.75. The summed E-state index contributed by atoms with van der Waals surface area (Å²) in [6.45, 7) is 15.4. The lowest BCUT2D eigenvalue weighted by Gasteiger charge is -2.28. The van der Waals surface area contributed by atoms with Gasteiger partial charge in [0.2, 0.25) is 0 Å². The van der Waals surface area contributed by atoms with Crippen molar-refractivity contribution in [3.05, 3.63) is 64.7 Å². The summed E-state index contributed by atoms with van der Waals surface area (Å²) in [7, 11) is 0. The predicted molar refractivity (Wildman–Crippen MR) is 125 cm³/mol. The molecule has 0 atom stereocenters. The minimum absolute atomic E-state index is 0.449. The third-order valence-corrected chi connectivity index (χ3v) is 6.63. The van der Waals surface area contributed by atoms with Crippen LogP contribution in [0, 0.1) is 0 Å². The molecule has 1 fully saturated rings. The number of hydrogen-bond acceptors (Lipinski definition) is 4. The Morgan fingerprint density at radius 3 is 1.93 bits per heavy atom. The summed E-state index contributed by atoms with van der Waals surface area (Å²) < 4.78 is 18.2. The molecule has 3 nitrogen and oxygen atoms in total. The van der Waals surface area contributed by atoms with Crippen LogP contribution in [0.4, 0.5) is 0 Å². The van der Waals surface area contributed by atoms with E-state index in [0.717, 1.165) is 5.56 Å². The second-order valence-electron chi connectivity index (χ2n) is 8.96. The number of benzene rings is 2. The molecule has 1 aliphatic heterocycles. The normalized spacial score (nSPS) is 16.2. The maximum Gasteiger partial charge on any atom is 0.197 e. The average Bonchev–Trinajstić information content (AvgIpc) is 3.21. The molecule has 0 bridgehead atoms. The molecule has 30 heavy (non-hydrogen) atoms.